The van der Waals surface area contributed by atoms with Gasteiger partial charge in [-0.05, 0) is 45.4 Å². The highest BCUT2D eigenvalue weighted by Crippen LogP contribution is 2.29. The fourth-order valence-corrected chi connectivity index (χ4v) is 2.62. The highest BCUT2D eigenvalue weighted by molar-refractivity contribution is 5.56. The monoisotopic (exact) mass is 218 g/mol. The summed E-state index contributed by atoms with van der Waals surface area (Å²) in [5.74, 6) is 0. The van der Waals surface area contributed by atoms with Gasteiger partial charge >= 0.3 is 0 Å². The zero-order chi connectivity index (χ0) is 11.5. The van der Waals surface area contributed by atoms with Gasteiger partial charge in [-0.2, -0.15) is 0 Å². The standard InChI is InChI=1S/C14H22N2/c1-11-6-7-14(13(9-11)10-15-3)16-8-4-5-12(16)2/h6-7,9,12,15H,4-5,8,10H2,1-3H3. The van der Waals surface area contributed by atoms with E-state index in [2.05, 4.69) is 42.3 Å². The second kappa shape index (κ2) is 4.88. The largest absolute Gasteiger partial charge is 0.369 e. The van der Waals surface area contributed by atoms with E-state index in [4.69, 9.17) is 0 Å². The van der Waals surface area contributed by atoms with E-state index in [-0.39, 0.29) is 0 Å². The van der Waals surface area contributed by atoms with Crippen LogP contribution < -0.4 is 10.2 Å². The molecule has 2 nitrogen and oxygen atoms in total. The van der Waals surface area contributed by atoms with E-state index in [1.807, 2.05) is 7.05 Å². The molecular weight excluding hydrogens is 196 g/mol. The highest BCUT2D eigenvalue weighted by Gasteiger charge is 2.22. The third kappa shape index (κ3) is 2.22. The quantitative estimate of drug-likeness (QED) is 0.839. The van der Waals surface area contributed by atoms with Crippen molar-refractivity contribution in [1.29, 1.82) is 0 Å². The lowest BCUT2D eigenvalue weighted by Gasteiger charge is -2.26. The molecule has 1 aromatic carbocycles. The van der Waals surface area contributed by atoms with Crippen LogP contribution in [0.1, 0.15) is 30.9 Å². The van der Waals surface area contributed by atoms with Crippen molar-refractivity contribution in [3.63, 3.8) is 0 Å². The van der Waals surface area contributed by atoms with Crippen LogP contribution in [0, 0.1) is 6.92 Å². The summed E-state index contributed by atoms with van der Waals surface area (Å²) in [7, 11) is 2.01. The number of nitrogens with zero attached hydrogens (tertiary/aromatic N) is 1. The minimum Gasteiger partial charge on any atom is -0.369 e. The van der Waals surface area contributed by atoms with Crippen molar-refractivity contribution >= 4 is 5.69 Å². The summed E-state index contributed by atoms with van der Waals surface area (Å²) in [6.45, 7) is 6.66. The van der Waals surface area contributed by atoms with Crippen LogP contribution in [0.2, 0.25) is 0 Å². The lowest BCUT2D eigenvalue weighted by molar-refractivity contribution is 0.725. The van der Waals surface area contributed by atoms with Gasteiger partial charge in [0.1, 0.15) is 0 Å². The first kappa shape index (κ1) is 11.5. The fourth-order valence-electron chi connectivity index (χ4n) is 2.62. The van der Waals surface area contributed by atoms with Gasteiger partial charge in [0.2, 0.25) is 0 Å². The molecule has 16 heavy (non-hydrogen) atoms. The Morgan fingerprint density at radius 3 is 2.88 bits per heavy atom. The maximum atomic E-state index is 3.26. The molecular formula is C14H22N2. The van der Waals surface area contributed by atoms with Crippen LogP contribution in [0.15, 0.2) is 18.2 Å². The van der Waals surface area contributed by atoms with Gasteiger partial charge in [0.15, 0.2) is 0 Å². The Kier molecular flexibility index (Phi) is 3.49. The SMILES string of the molecule is CNCc1cc(C)ccc1N1CCCC1C. The summed E-state index contributed by atoms with van der Waals surface area (Å²) in [5.41, 5.74) is 4.20. The molecule has 0 spiro atoms. The van der Waals surface area contributed by atoms with Crippen LogP contribution in [-0.4, -0.2) is 19.6 Å². The van der Waals surface area contributed by atoms with Crippen molar-refractivity contribution in [1.82, 2.24) is 5.32 Å². The third-order valence-corrected chi connectivity index (χ3v) is 3.46. The van der Waals surface area contributed by atoms with Gasteiger partial charge in [-0.25, -0.2) is 0 Å². The van der Waals surface area contributed by atoms with Gasteiger partial charge in [0.05, 0.1) is 0 Å². The van der Waals surface area contributed by atoms with Crippen molar-refractivity contribution in [2.75, 3.05) is 18.5 Å². The second-order valence-electron chi connectivity index (χ2n) is 4.85. The smallest absolute Gasteiger partial charge is 0.0414 e. The lowest BCUT2D eigenvalue weighted by Crippen LogP contribution is -2.28. The molecule has 1 atom stereocenters. The number of benzene rings is 1. The molecule has 0 aliphatic carbocycles. The Labute approximate surface area is 98.7 Å². The van der Waals surface area contributed by atoms with E-state index in [0.29, 0.717) is 6.04 Å². The van der Waals surface area contributed by atoms with E-state index in [1.54, 1.807) is 0 Å². The Bertz CT molecular complexity index is 360. The van der Waals surface area contributed by atoms with Crippen molar-refractivity contribution in [2.24, 2.45) is 0 Å². The number of nitrogens with one attached hydrogen (secondary N) is 1. The van der Waals surface area contributed by atoms with Gasteiger partial charge in [-0.3, -0.25) is 0 Å². The number of hydrogen-bond donors (Lipinski definition) is 1. The van der Waals surface area contributed by atoms with Gasteiger partial charge in [-0.15, -0.1) is 0 Å². The van der Waals surface area contributed by atoms with Gasteiger partial charge in [-0.1, -0.05) is 17.7 Å². The Hall–Kier alpha value is -1.02. The molecule has 1 N–H and O–H groups in total. The van der Waals surface area contributed by atoms with Crippen LogP contribution >= 0.6 is 0 Å². The minimum absolute atomic E-state index is 0.693. The number of anilines is 1. The second-order valence-corrected chi connectivity index (χ2v) is 4.85. The summed E-state index contributed by atoms with van der Waals surface area (Å²) in [5, 5.41) is 3.26. The van der Waals surface area contributed by atoms with Crippen LogP contribution in [0.25, 0.3) is 0 Å². The van der Waals surface area contributed by atoms with Crippen molar-refractivity contribution in [3.05, 3.63) is 29.3 Å². The molecule has 0 amide bonds. The van der Waals surface area contributed by atoms with Gasteiger partial charge in [0, 0.05) is 24.8 Å². The van der Waals surface area contributed by atoms with Crippen LogP contribution in [0.3, 0.4) is 0 Å². The van der Waals surface area contributed by atoms with E-state index in [9.17, 15) is 0 Å². The number of hydrogen-bond acceptors (Lipinski definition) is 2. The van der Waals surface area contributed by atoms with E-state index in [1.165, 1.54) is 36.2 Å². The molecule has 1 aliphatic rings. The molecule has 88 valence electrons. The molecule has 0 aromatic heterocycles. The van der Waals surface area contributed by atoms with Crippen molar-refractivity contribution in [2.45, 2.75) is 39.3 Å². The van der Waals surface area contributed by atoms with Crippen LogP contribution in [-0.2, 0) is 6.54 Å². The molecule has 1 aromatic rings. The summed E-state index contributed by atoms with van der Waals surface area (Å²) in [6, 6.07) is 7.50. The summed E-state index contributed by atoms with van der Waals surface area (Å²) in [4.78, 5) is 2.55. The van der Waals surface area contributed by atoms with Gasteiger partial charge < -0.3 is 10.2 Å². The molecule has 2 heteroatoms. The normalized spacial score (nSPS) is 20.4. The molecule has 2 rings (SSSR count). The van der Waals surface area contributed by atoms with Gasteiger partial charge in [0.25, 0.3) is 0 Å². The summed E-state index contributed by atoms with van der Waals surface area (Å²) >= 11 is 0. The molecule has 1 unspecified atom stereocenters. The molecule has 0 saturated carbocycles. The first-order valence-corrected chi connectivity index (χ1v) is 6.23. The average Bonchev–Trinajstić information content (AvgIpc) is 2.65. The molecule has 1 saturated heterocycles. The van der Waals surface area contributed by atoms with Crippen molar-refractivity contribution < 1.29 is 0 Å². The van der Waals surface area contributed by atoms with E-state index < -0.39 is 0 Å². The average molecular weight is 218 g/mol. The first-order chi connectivity index (χ1) is 7.72. The fraction of sp³-hybridized carbons (Fsp3) is 0.571. The van der Waals surface area contributed by atoms with Crippen LogP contribution in [0.5, 0.6) is 0 Å². The highest BCUT2D eigenvalue weighted by atomic mass is 15.2. The van der Waals surface area contributed by atoms with E-state index in [0.717, 1.165) is 6.54 Å². The topological polar surface area (TPSA) is 15.3 Å². The maximum Gasteiger partial charge on any atom is 0.0414 e. The number of rotatable bonds is 3. The summed E-state index contributed by atoms with van der Waals surface area (Å²) < 4.78 is 0. The third-order valence-electron chi connectivity index (χ3n) is 3.46. The molecule has 1 fully saturated rings. The van der Waals surface area contributed by atoms with Crippen molar-refractivity contribution in [3.8, 4) is 0 Å². The zero-order valence-electron chi connectivity index (χ0n) is 10.6. The first-order valence-electron chi connectivity index (χ1n) is 6.23. The minimum atomic E-state index is 0.693. The predicted molar refractivity (Wildman–Crippen MR) is 70.0 cm³/mol. The molecule has 1 heterocycles. The zero-order valence-corrected chi connectivity index (χ0v) is 10.6. The Balaban J connectivity index is 2.31. The number of aryl methyl sites for hydroxylation is 1. The Morgan fingerprint density at radius 1 is 1.44 bits per heavy atom. The van der Waals surface area contributed by atoms with E-state index >= 15 is 0 Å². The molecule has 0 radical (unpaired) electrons. The summed E-state index contributed by atoms with van der Waals surface area (Å²) in [6.07, 6.45) is 2.65. The maximum absolute atomic E-state index is 3.26. The molecule has 0 bridgehead atoms. The van der Waals surface area contributed by atoms with Crippen LogP contribution in [0.4, 0.5) is 5.69 Å². The Morgan fingerprint density at radius 2 is 2.25 bits per heavy atom. The predicted octanol–water partition coefficient (Wildman–Crippen LogP) is 2.70. The lowest BCUT2D eigenvalue weighted by atomic mass is 10.1. The molecule has 1 aliphatic heterocycles.